The van der Waals surface area contributed by atoms with Crippen molar-refractivity contribution in [3.05, 3.63) is 212 Å². The van der Waals surface area contributed by atoms with Crippen LogP contribution in [0.1, 0.15) is 30.2 Å². The molecule has 12 rings (SSSR count). The number of rotatable bonds is 5. The third-order valence-electron chi connectivity index (χ3n) is 10.2. The van der Waals surface area contributed by atoms with E-state index in [1.54, 1.807) is 18.2 Å². The van der Waals surface area contributed by atoms with Crippen LogP contribution in [-0.4, -0.2) is 13.7 Å². The third-order valence-corrected chi connectivity index (χ3v) is 10.2. The smallest absolute Gasteiger partial charge is 0.0667 e. The summed E-state index contributed by atoms with van der Waals surface area (Å²) in [5.74, 6) is 0. The third kappa shape index (κ3) is 4.86. The van der Waals surface area contributed by atoms with E-state index in [1.807, 2.05) is 60.7 Å². The van der Waals surface area contributed by atoms with Crippen molar-refractivity contribution in [1.29, 1.82) is 0 Å². The van der Waals surface area contributed by atoms with Gasteiger partial charge < -0.3 is 13.7 Å². The number of benzene rings is 9. The van der Waals surface area contributed by atoms with E-state index in [2.05, 4.69) is 0 Å². The second-order valence-electron chi connectivity index (χ2n) is 13.3. The molecule has 0 aliphatic rings. The molecule has 57 heavy (non-hydrogen) atoms. The Kier molecular flexibility index (Phi) is 3.72. The van der Waals surface area contributed by atoms with Crippen LogP contribution < -0.4 is 0 Å². The molecule has 3 nitrogen and oxygen atoms in total. The summed E-state index contributed by atoms with van der Waals surface area (Å²) in [5.41, 5.74) is -0.449. The van der Waals surface area contributed by atoms with Gasteiger partial charge in [0.15, 0.2) is 0 Å². The highest BCUT2D eigenvalue weighted by Gasteiger charge is 2.19. The van der Waals surface area contributed by atoms with Crippen LogP contribution in [0.5, 0.6) is 0 Å². The van der Waals surface area contributed by atoms with Crippen LogP contribution in [0.2, 0.25) is 0 Å². The lowest BCUT2D eigenvalue weighted by molar-refractivity contribution is 1.15. The van der Waals surface area contributed by atoms with Crippen molar-refractivity contribution in [2.45, 2.75) is 0 Å². The van der Waals surface area contributed by atoms with Gasteiger partial charge in [0.1, 0.15) is 0 Å². The van der Waals surface area contributed by atoms with Crippen LogP contribution >= 0.6 is 0 Å². The summed E-state index contributed by atoms with van der Waals surface area (Å²) >= 11 is 0. The molecule has 0 amide bonds. The summed E-state index contributed by atoms with van der Waals surface area (Å²) in [4.78, 5) is 0. The van der Waals surface area contributed by atoms with Gasteiger partial charge in [0.05, 0.1) is 63.3 Å². The van der Waals surface area contributed by atoms with Crippen molar-refractivity contribution in [3.63, 3.8) is 0 Å². The van der Waals surface area contributed by atoms with Crippen molar-refractivity contribution < 1.29 is 30.2 Å². The molecule has 0 N–H and O–H groups in total. The van der Waals surface area contributed by atoms with Gasteiger partial charge in [-0.3, -0.25) is 0 Å². The second-order valence-corrected chi connectivity index (χ2v) is 13.3. The molecule has 0 spiro atoms. The van der Waals surface area contributed by atoms with Crippen LogP contribution in [0, 0.1) is 0 Å². The first-order chi connectivity index (χ1) is 37.5. The molecule has 0 unspecified atom stereocenters. The zero-order chi connectivity index (χ0) is 56.6. The Morgan fingerprint density at radius 2 is 0.702 bits per heavy atom. The summed E-state index contributed by atoms with van der Waals surface area (Å²) in [7, 11) is 0. The topological polar surface area (TPSA) is 14.8 Å². The lowest BCUT2D eigenvalue weighted by Crippen LogP contribution is -1.97. The Morgan fingerprint density at radius 3 is 1.33 bits per heavy atom. The Bertz CT molecular complexity index is 4730. The van der Waals surface area contributed by atoms with Gasteiger partial charge in [0, 0.05) is 49.4 Å². The summed E-state index contributed by atoms with van der Waals surface area (Å²) in [6.07, 6.45) is 0. The van der Waals surface area contributed by atoms with Crippen LogP contribution in [0.25, 0.3) is 105 Å². The highest BCUT2D eigenvalue weighted by atomic mass is 15.0. The molecule has 0 bridgehead atoms. The molecule has 0 aliphatic carbocycles. The molecule has 0 aliphatic heterocycles. The first-order valence-electron chi connectivity index (χ1n) is 28.8. The van der Waals surface area contributed by atoms with Crippen molar-refractivity contribution in [2.75, 3.05) is 0 Å². The molecule has 0 saturated carbocycles. The van der Waals surface area contributed by atoms with Gasteiger partial charge in [0.25, 0.3) is 0 Å². The van der Waals surface area contributed by atoms with Crippen LogP contribution in [0.4, 0.5) is 0 Å². The summed E-state index contributed by atoms with van der Waals surface area (Å²) in [5, 5.41) is -2.37. The van der Waals surface area contributed by atoms with Gasteiger partial charge in [0.2, 0.25) is 0 Å². The molecule has 12 aromatic rings. The van der Waals surface area contributed by atoms with Gasteiger partial charge in [-0.2, -0.15) is 0 Å². The van der Waals surface area contributed by atoms with Crippen molar-refractivity contribution in [3.8, 4) is 39.3 Å². The Morgan fingerprint density at radius 1 is 0.281 bits per heavy atom. The lowest BCUT2D eigenvalue weighted by Gasteiger charge is -2.13. The number of nitrogens with zero attached hydrogens (tertiary/aromatic N) is 3. The zero-order valence-electron chi connectivity index (χ0n) is 51.3. The van der Waals surface area contributed by atoms with Crippen LogP contribution in [0.3, 0.4) is 0 Å². The number of hydrogen-bond donors (Lipinski definition) is 0. The molecule has 3 heteroatoms. The standard InChI is InChI=1S/C54H35N3/c1-2-14-36(15-3-1)37-16-12-17-38(32-37)39-18-13-19-40(33-39)55-52-27-11-7-23-46(52)48-34-41(29-31-53(48)55)57-51-26-10-6-22-45(51)47-30-28-42(35-54(47)57)56-49-24-8-4-20-43(49)44-21-5-9-25-50(44)56/h1-35H/i4D,5D,6D,7D,8D,9D,10D,11D,20D,21D,22D,23D,24D,25D,26D,27D,28D,29D,30D,31D,34D,35D. The predicted octanol–water partition coefficient (Wildman–Crippen LogP) is 14.3. The number of aromatic nitrogens is 3. The zero-order valence-corrected chi connectivity index (χ0v) is 29.3. The molecule has 3 heterocycles. The summed E-state index contributed by atoms with van der Waals surface area (Å²) in [6, 6.07) is 7.26. The molecular weight excluding hydrogens is 691 g/mol. The fourth-order valence-corrected chi connectivity index (χ4v) is 7.69. The summed E-state index contributed by atoms with van der Waals surface area (Å²) in [6.45, 7) is 0. The largest absolute Gasteiger partial charge is 0.309 e. The van der Waals surface area contributed by atoms with Gasteiger partial charge >= 0.3 is 0 Å². The Balaban J connectivity index is 1.26. The van der Waals surface area contributed by atoms with Gasteiger partial charge in [-0.1, -0.05) is 139 Å². The average Bonchev–Trinajstić information content (AvgIpc) is 3.11. The normalized spacial score (nSPS) is 17.3. The maximum atomic E-state index is 10.2. The van der Waals surface area contributed by atoms with Gasteiger partial charge in [-0.05, 0) is 94.8 Å². The van der Waals surface area contributed by atoms with Crippen molar-refractivity contribution >= 4 is 65.4 Å². The van der Waals surface area contributed by atoms with E-state index in [0.29, 0.717) is 5.56 Å². The fraction of sp³-hybridized carbons (Fsp3) is 0. The second kappa shape index (κ2) is 12.5. The minimum atomic E-state index is -0.899. The number of hydrogen-bond acceptors (Lipinski definition) is 0. The lowest BCUT2D eigenvalue weighted by atomic mass is 9.99. The predicted molar refractivity (Wildman–Crippen MR) is 240 cm³/mol. The molecule has 0 radical (unpaired) electrons. The van der Waals surface area contributed by atoms with E-state index in [1.165, 1.54) is 4.57 Å². The van der Waals surface area contributed by atoms with E-state index in [4.69, 9.17) is 16.4 Å². The monoisotopic (exact) mass is 747 g/mol. The number of para-hydroxylation sites is 4. The minimum Gasteiger partial charge on any atom is -0.309 e. The van der Waals surface area contributed by atoms with Crippen LogP contribution in [0.15, 0.2) is 212 Å². The average molecular weight is 748 g/mol. The molecule has 9 aromatic carbocycles. The van der Waals surface area contributed by atoms with Gasteiger partial charge in [-0.15, -0.1) is 0 Å². The number of fused-ring (bicyclic) bond motifs is 9. The minimum absolute atomic E-state index is 0.185. The molecule has 266 valence electrons. The maximum absolute atomic E-state index is 10.2. The Hall–Kier alpha value is -7.62. The molecule has 0 saturated heterocycles. The van der Waals surface area contributed by atoms with Crippen molar-refractivity contribution in [1.82, 2.24) is 13.7 Å². The van der Waals surface area contributed by atoms with Crippen LogP contribution in [-0.2, 0) is 0 Å². The van der Waals surface area contributed by atoms with E-state index in [9.17, 15) is 13.7 Å². The van der Waals surface area contributed by atoms with E-state index >= 15 is 0 Å². The van der Waals surface area contributed by atoms with E-state index in [0.717, 1.165) is 25.8 Å². The van der Waals surface area contributed by atoms with E-state index < -0.39 is 188 Å². The Labute approximate surface area is 360 Å². The van der Waals surface area contributed by atoms with E-state index in [-0.39, 0.29) is 27.5 Å². The molecular formula is C54H35N3. The SMILES string of the molecule is [2H]c1c([2H])c([2H])c2c(c1[2H])c1c([2H])c(-n3c4c([2H])c([2H])c([2H])c([2H])c4c4c([2H])c([2H])c(-n5c6c([2H])c([2H])c([2H])c([2H])c6c6c([2H])c([2H])c([2H])c([2H])c65)c([2H])c43)c([2H])c([2H])c1n2-c1cccc(-c2cccc(-c3ccccc3)c2)c1. The fourth-order valence-electron chi connectivity index (χ4n) is 7.69. The highest BCUT2D eigenvalue weighted by Crippen LogP contribution is 2.39. The quantitative estimate of drug-likeness (QED) is 0.167. The molecule has 0 fully saturated rings. The maximum Gasteiger partial charge on any atom is 0.0667 e. The molecule has 3 aromatic heterocycles. The first kappa shape index (κ1) is 17.0. The highest BCUT2D eigenvalue weighted by molar-refractivity contribution is 6.13. The first-order valence-corrected chi connectivity index (χ1v) is 17.8. The molecule has 0 atom stereocenters. The summed E-state index contributed by atoms with van der Waals surface area (Å²) < 4.78 is 206. The van der Waals surface area contributed by atoms with Gasteiger partial charge in [-0.25, -0.2) is 0 Å². The van der Waals surface area contributed by atoms with Crippen molar-refractivity contribution in [2.24, 2.45) is 0 Å².